The molecule has 8 N–H and O–H groups in total. The largest absolute Gasteiger partial charge is 0.445 e. The predicted molar refractivity (Wildman–Crippen MR) is 360 cm³/mol. The quantitative estimate of drug-likeness (QED) is 0.0342. The van der Waals surface area contributed by atoms with E-state index in [1.165, 1.54) is 44.4 Å². The SMILES string of the molecule is CC[C@H](C)[C@@H]([C@@H](CC(=O)N1C[C@@H](N(C)C(=O)OCc2ccc(NC(=O)[C@H](CCCNC(N)=O)NC(=O)[C@@H](NC(=O)CCCCCN3C(=O)C=CC3=O)C(C)C)cc2)C[C@H]1[C@H](OC)[C@@H](C)C(=O)NCCc1c(F)cccc1F)OC)N(C)C(=O)[C@@H](NC(=O)[C@H](C(C)C)N(C)C)C(C)C. The molecule has 2 aliphatic rings. The van der Waals surface area contributed by atoms with Crippen molar-refractivity contribution in [3.05, 3.63) is 77.4 Å². The van der Waals surface area contributed by atoms with Crippen LogP contribution >= 0.6 is 0 Å². The van der Waals surface area contributed by atoms with E-state index in [0.717, 1.165) is 17.0 Å². The van der Waals surface area contributed by atoms with Gasteiger partial charge in [-0.1, -0.05) is 93.4 Å². The molecule has 0 aromatic heterocycles. The van der Waals surface area contributed by atoms with Crippen LogP contribution in [0.5, 0.6) is 0 Å². The van der Waals surface area contributed by atoms with E-state index in [1.54, 1.807) is 80.9 Å². The first-order valence-electron chi connectivity index (χ1n) is 33.5. The third kappa shape index (κ3) is 23.8. The maximum Gasteiger partial charge on any atom is 0.410 e. The second-order valence-electron chi connectivity index (χ2n) is 26.5. The molecule has 12 amide bonds. The highest BCUT2D eigenvalue weighted by Gasteiger charge is 2.47. The number of methoxy groups -OCH3 is 2. The Kier molecular flexibility index (Phi) is 33.0. The van der Waals surface area contributed by atoms with Crippen molar-refractivity contribution in [3.63, 3.8) is 0 Å². The van der Waals surface area contributed by atoms with E-state index >= 15 is 4.79 Å². The van der Waals surface area contributed by atoms with Crippen molar-refractivity contribution in [2.24, 2.45) is 35.3 Å². The van der Waals surface area contributed by atoms with Crippen molar-refractivity contribution in [1.82, 2.24) is 51.1 Å². The molecule has 97 heavy (non-hydrogen) atoms. The number of hydrogen-bond acceptors (Lipinski definition) is 15. The number of primary amides is 1. The van der Waals surface area contributed by atoms with Crippen LogP contribution in [0.1, 0.15) is 131 Å². The van der Waals surface area contributed by atoms with Gasteiger partial charge in [0, 0.05) is 84.3 Å². The number of hydrogen-bond donors (Lipinski definition) is 7. The van der Waals surface area contributed by atoms with E-state index in [-0.39, 0.29) is 118 Å². The summed E-state index contributed by atoms with van der Waals surface area (Å²) < 4.78 is 47.2. The predicted octanol–water partition coefficient (Wildman–Crippen LogP) is 5.02. The van der Waals surface area contributed by atoms with Gasteiger partial charge in [0.1, 0.15) is 36.4 Å². The Morgan fingerprint density at radius 2 is 1.34 bits per heavy atom. The highest BCUT2D eigenvalue weighted by Crippen LogP contribution is 2.32. The number of likely N-dealkylation sites (N-methyl/N-ethyl adjacent to an activating group) is 3. The Morgan fingerprint density at radius 1 is 0.711 bits per heavy atom. The Morgan fingerprint density at radius 3 is 1.90 bits per heavy atom. The van der Waals surface area contributed by atoms with Crippen LogP contribution < -0.4 is 37.6 Å². The molecular weight excluding hydrogens is 1260 g/mol. The number of urea groups is 1. The van der Waals surface area contributed by atoms with E-state index in [2.05, 4.69) is 31.9 Å². The fourth-order valence-corrected chi connectivity index (χ4v) is 12.5. The number of anilines is 1. The van der Waals surface area contributed by atoms with Crippen LogP contribution in [0.15, 0.2) is 54.6 Å². The number of imide groups is 1. The lowest BCUT2D eigenvalue weighted by Gasteiger charge is -2.41. The summed E-state index contributed by atoms with van der Waals surface area (Å²) in [7, 11) is 9.61. The van der Waals surface area contributed by atoms with Crippen molar-refractivity contribution in [1.29, 1.82) is 0 Å². The van der Waals surface area contributed by atoms with Gasteiger partial charge in [0.15, 0.2) is 0 Å². The van der Waals surface area contributed by atoms with E-state index in [1.807, 2.05) is 41.5 Å². The number of rotatable bonds is 39. The molecule has 0 radical (unpaired) electrons. The molecule has 0 aliphatic carbocycles. The lowest BCUT2D eigenvalue weighted by Crippen LogP contribution is -2.59. The molecule has 0 bridgehead atoms. The van der Waals surface area contributed by atoms with Gasteiger partial charge in [-0.15, -0.1) is 0 Å². The van der Waals surface area contributed by atoms with Crippen LogP contribution in [0.2, 0.25) is 0 Å². The van der Waals surface area contributed by atoms with Gasteiger partial charge >= 0.3 is 12.1 Å². The number of ether oxygens (including phenoxy) is 3. The molecule has 2 aromatic carbocycles. The molecule has 2 heterocycles. The molecule has 2 aromatic rings. The minimum absolute atomic E-state index is 0.0433. The molecular formula is C69H106F2N12O14. The van der Waals surface area contributed by atoms with E-state index < -0.39 is 120 Å². The average molecular weight is 1370 g/mol. The molecule has 11 atom stereocenters. The zero-order chi connectivity index (χ0) is 72.5. The Labute approximate surface area is 569 Å². The maximum atomic E-state index is 15.1. The third-order valence-corrected chi connectivity index (χ3v) is 18.2. The van der Waals surface area contributed by atoms with Crippen LogP contribution in [0.3, 0.4) is 0 Å². The van der Waals surface area contributed by atoms with Gasteiger partial charge in [0.05, 0.1) is 48.7 Å². The average Bonchev–Trinajstić information content (AvgIpc) is 1.70. The van der Waals surface area contributed by atoms with Gasteiger partial charge in [-0.05, 0) is 106 Å². The molecule has 0 spiro atoms. The molecule has 28 heteroatoms. The Hall–Kier alpha value is -8.11. The van der Waals surface area contributed by atoms with E-state index in [0.29, 0.717) is 36.9 Å². The molecule has 0 unspecified atom stereocenters. The zero-order valence-corrected chi connectivity index (χ0v) is 59.2. The summed E-state index contributed by atoms with van der Waals surface area (Å²) in [6.45, 7) is 16.5. The highest BCUT2D eigenvalue weighted by molar-refractivity contribution is 6.12. The van der Waals surface area contributed by atoms with Crippen LogP contribution in [-0.2, 0) is 70.4 Å². The molecule has 1 fully saturated rings. The van der Waals surface area contributed by atoms with Gasteiger partial charge in [0.2, 0.25) is 41.4 Å². The molecule has 0 saturated carbocycles. The molecule has 2 aliphatic heterocycles. The summed E-state index contributed by atoms with van der Waals surface area (Å²) in [5.74, 6) is -7.45. The third-order valence-electron chi connectivity index (χ3n) is 18.2. The molecule has 26 nitrogen and oxygen atoms in total. The number of halogens is 2. The number of amides is 12. The number of nitrogens with zero attached hydrogens (tertiary/aromatic N) is 5. The lowest BCUT2D eigenvalue weighted by molar-refractivity contribution is -0.148. The number of unbranched alkanes of at least 4 members (excludes halogenated alkanes) is 2. The fourth-order valence-electron chi connectivity index (χ4n) is 12.5. The standard InChI is InChI=1S/C69H106F2N12O14/c1-16-43(8)61(81(13)67(92)59(41(4)5)78-66(91)60(42(6)7)79(10)11)53(95-14)37-57(87)83-38-47(36-52(83)62(96-15)44(9)63(88)73-34-32-48-49(70)22-20-23-50(48)71)80(12)69(94)97-39-45-26-28-46(29-27-45)75-64(89)51(24-21-33-74-68(72)93)76-65(90)58(40(2)3)77-54(84)25-18-17-19-35-82-55(85)30-31-56(82)86/h20,22-23,26-31,40-44,47,51-53,58-62H,16-19,21,24-25,32-39H2,1-15H3,(H,73,88)(H,75,89)(H,76,90)(H,77,84)(H,78,91)(H3,72,74,93)/t43-,44+,47-,51-,52-,53+,58-,59-,60-,61-,62+/m0/s1. The molecule has 540 valence electrons. The van der Waals surface area contributed by atoms with Gasteiger partial charge in [-0.3, -0.25) is 53.0 Å². The first-order valence-corrected chi connectivity index (χ1v) is 33.5. The van der Waals surface area contributed by atoms with Crippen molar-refractivity contribution in [3.8, 4) is 0 Å². The van der Waals surface area contributed by atoms with Gasteiger partial charge in [-0.25, -0.2) is 18.4 Å². The topological polar surface area (TPSA) is 330 Å². The second-order valence-corrected chi connectivity index (χ2v) is 26.5. The smallest absolute Gasteiger partial charge is 0.410 e. The summed E-state index contributed by atoms with van der Waals surface area (Å²) >= 11 is 0. The van der Waals surface area contributed by atoms with Crippen LogP contribution in [0.4, 0.5) is 24.1 Å². The van der Waals surface area contributed by atoms with Crippen molar-refractivity contribution in [2.75, 3.05) is 73.9 Å². The Balaban J connectivity index is 1.52. The van der Waals surface area contributed by atoms with Gasteiger partial charge in [0.25, 0.3) is 11.8 Å². The molecule has 4 rings (SSSR count). The van der Waals surface area contributed by atoms with Gasteiger partial charge < -0.3 is 66.5 Å². The number of benzene rings is 2. The molecule has 1 saturated heterocycles. The number of carbonyl (C=O) groups excluding carboxylic acids is 11. The van der Waals surface area contributed by atoms with E-state index in [9.17, 15) is 56.7 Å². The van der Waals surface area contributed by atoms with Crippen LogP contribution in [0, 0.1) is 41.2 Å². The minimum atomic E-state index is -1.14. The first-order chi connectivity index (χ1) is 45.8. The minimum Gasteiger partial charge on any atom is -0.445 e. The first kappa shape index (κ1) is 81.3. The van der Waals surface area contributed by atoms with Crippen molar-refractivity contribution in [2.45, 2.75) is 188 Å². The van der Waals surface area contributed by atoms with Gasteiger partial charge in [-0.2, -0.15) is 0 Å². The summed E-state index contributed by atoms with van der Waals surface area (Å²) in [5.41, 5.74) is 5.90. The second kappa shape index (κ2) is 39.3. The summed E-state index contributed by atoms with van der Waals surface area (Å²) in [5, 5.41) is 16.5. The van der Waals surface area contributed by atoms with Crippen LogP contribution in [-0.4, -0.2) is 213 Å². The summed E-state index contributed by atoms with van der Waals surface area (Å²) in [6.07, 6.45) is 1.92. The van der Waals surface area contributed by atoms with Crippen molar-refractivity contribution < 1.29 is 75.7 Å². The summed E-state index contributed by atoms with van der Waals surface area (Å²) in [6, 6.07) is 3.30. The number of nitrogens with two attached hydrogens (primary N) is 1. The van der Waals surface area contributed by atoms with Crippen LogP contribution in [0.25, 0.3) is 0 Å². The normalized spacial score (nSPS) is 17.4. The zero-order valence-electron chi connectivity index (χ0n) is 59.2. The Bertz CT molecular complexity index is 3000. The summed E-state index contributed by atoms with van der Waals surface area (Å²) in [4.78, 5) is 155. The number of carbonyl (C=O) groups is 11. The highest BCUT2D eigenvalue weighted by atomic mass is 19.1. The van der Waals surface area contributed by atoms with E-state index in [4.69, 9.17) is 19.9 Å². The van der Waals surface area contributed by atoms with Crippen molar-refractivity contribution >= 4 is 71.0 Å². The fraction of sp³-hybridized carbons (Fsp3) is 0.638. The number of likely N-dealkylation sites (tertiary alicyclic amines) is 1. The lowest BCUT2D eigenvalue weighted by atomic mass is 9.89. The monoisotopic (exact) mass is 1360 g/mol. The number of nitrogens with one attached hydrogen (secondary N) is 6. The maximum absolute atomic E-state index is 15.1.